The van der Waals surface area contributed by atoms with E-state index >= 15 is 0 Å². The molecule has 0 radical (unpaired) electrons. The Bertz CT molecular complexity index is 1120. The molecule has 3 N–H and O–H groups in total. The third kappa shape index (κ3) is 7.98. The van der Waals surface area contributed by atoms with Gasteiger partial charge in [-0.3, -0.25) is 19.8 Å². The summed E-state index contributed by atoms with van der Waals surface area (Å²) in [5, 5.41) is 9.29. The molecule has 1 amide bonds. The molecular weight excluding hydrogens is 506 g/mol. The highest BCUT2D eigenvalue weighted by molar-refractivity contribution is 7.89. The number of rotatable bonds is 11. The number of benzene rings is 2. The number of amides is 1. The predicted octanol–water partition coefficient (Wildman–Crippen LogP) is 1.38. The molecule has 2 aliphatic rings. The third-order valence-electron chi connectivity index (χ3n) is 7.43. The molecule has 4 rings (SSSR count). The van der Waals surface area contributed by atoms with E-state index in [4.69, 9.17) is 4.74 Å². The van der Waals surface area contributed by atoms with Gasteiger partial charge in [0.1, 0.15) is 11.8 Å². The highest BCUT2D eigenvalue weighted by atomic mass is 32.2. The molecule has 208 valence electrons. The number of carbonyl (C=O) groups excluding carboxylic acids is 1. The summed E-state index contributed by atoms with van der Waals surface area (Å²) in [6.45, 7) is 6.04. The van der Waals surface area contributed by atoms with Gasteiger partial charge in [-0.15, -0.1) is 0 Å². The number of likely N-dealkylation sites (tertiary alicyclic amines) is 1. The minimum atomic E-state index is -3.86. The van der Waals surface area contributed by atoms with E-state index in [1.807, 2.05) is 23.1 Å². The van der Waals surface area contributed by atoms with Gasteiger partial charge in [0.15, 0.2) is 0 Å². The van der Waals surface area contributed by atoms with Crippen LogP contribution in [0.4, 0.5) is 0 Å². The lowest BCUT2D eigenvalue weighted by Crippen LogP contribution is -2.57. The minimum absolute atomic E-state index is 0.0972. The van der Waals surface area contributed by atoms with Crippen LogP contribution in [0.1, 0.15) is 18.4 Å². The summed E-state index contributed by atoms with van der Waals surface area (Å²) in [6.07, 6.45) is 2.19. The van der Waals surface area contributed by atoms with Crippen molar-refractivity contribution < 1.29 is 23.2 Å². The van der Waals surface area contributed by atoms with E-state index in [0.29, 0.717) is 31.4 Å². The molecule has 10 nitrogen and oxygen atoms in total. The van der Waals surface area contributed by atoms with Gasteiger partial charge in [0, 0.05) is 39.3 Å². The van der Waals surface area contributed by atoms with Crippen molar-refractivity contribution in [3.8, 4) is 5.75 Å². The van der Waals surface area contributed by atoms with Crippen molar-refractivity contribution in [3.05, 3.63) is 60.2 Å². The zero-order chi connectivity index (χ0) is 27.0. The Hall–Kier alpha value is -2.54. The van der Waals surface area contributed by atoms with Crippen LogP contribution in [-0.4, -0.2) is 99.7 Å². The van der Waals surface area contributed by atoms with Crippen LogP contribution in [-0.2, 0) is 21.4 Å². The highest BCUT2D eigenvalue weighted by Gasteiger charge is 2.30. The molecule has 2 aromatic rings. The summed E-state index contributed by atoms with van der Waals surface area (Å²) >= 11 is 0. The van der Waals surface area contributed by atoms with Gasteiger partial charge in [0.25, 0.3) is 5.91 Å². The Kier molecular flexibility index (Phi) is 10.1. The van der Waals surface area contributed by atoms with Gasteiger partial charge in [0.2, 0.25) is 10.0 Å². The van der Waals surface area contributed by atoms with Gasteiger partial charge < -0.3 is 9.64 Å². The van der Waals surface area contributed by atoms with Crippen molar-refractivity contribution >= 4 is 15.9 Å². The first kappa shape index (κ1) is 28.5. The summed E-state index contributed by atoms with van der Waals surface area (Å²) in [7, 11) is -1.73. The SMILES string of the molecule is CN1CCC(COc2ccc(S(=O)(=O)NCC(C(=O)NO)N3CCN(Cc4ccccc4)CC3)cc2)CC1. The first-order chi connectivity index (χ1) is 18.3. The van der Waals surface area contributed by atoms with Gasteiger partial charge >= 0.3 is 0 Å². The number of hydrogen-bond acceptors (Lipinski definition) is 8. The lowest BCUT2D eigenvalue weighted by atomic mass is 9.98. The van der Waals surface area contributed by atoms with Crippen LogP contribution in [0.25, 0.3) is 0 Å². The molecule has 2 heterocycles. The Morgan fingerprint density at radius 3 is 2.29 bits per heavy atom. The number of ether oxygens (including phenoxy) is 1. The van der Waals surface area contributed by atoms with Crippen LogP contribution in [0.3, 0.4) is 0 Å². The Morgan fingerprint density at radius 1 is 1.00 bits per heavy atom. The first-order valence-electron chi connectivity index (χ1n) is 13.2. The zero-order valence-corrected chi connectivity index (χ0v) is 22.8. The number of piperidine rings is 1. The molecule has 1 atom stereocenters. The fraction of sp³-hybridized carbons (Fsp3) is 0.519. The van der Waals surface area contributed by atoms with Crippen LogP contribution in [0.15, 0.2) is 59.5 Å². The van der Waals surface area contributed by atoms with Crippen LogP contribution in [0.5, 0.6) is 5.75 Å². The molecule has 0 bridgehead atoms. The normalized spacial score (nSPS) is 19.2. The number of nitrogens with zero attached hydrogens (tertiary/aromatic N) is 3. The quantitative estimate of drug-likeness (QED) is 0.287. The molecule has 1 unspecified atom stereocenters. The molecule has 2 saturated heterocycles. The molecule has 11 heteroatoms. The molecule has 0 aliphatic carbocycles. The molecule has 0 spiro atoms. The number of carbonyl (C=O) groups is 1. The molecule has 2 aromatic carbocycles. The van der Waals surface area contributed by atoms with Crippen molar-refractivity contribution in [1.82, 2.24) is 24.9 Å². The van der Waals surface area contributed by atoms with Gasteiger partial charge in [-0.2, -0.15) is 0 Å². The highest BCUT2D eigenvalue weighted by Crippen LogP contribution is 2.20. The fourth-order valence-corrected chi connectivity index (χ4v) is 6.01. The fourth-order valence-electron chi connectivity index (χ4n) is 4.97. The first-order valence-corrected chi connectivity index (χ1v) is 14.7. The van der Waals surface area contributed by atoms with Crippen molar-refractivity contribution in [1.29, 1.82) is 0 Å². The number of sulfonamides is 1. The van der Waals surface area contributed by atoms with E-state index in [1.165, 1.54) is 17.7 Å². The van der Waals surface area contributed by atoms with Crippen LogP contribution < -0.4 is 14.9 Å². The molecule has 0 saturated carbocycles. The lowest BCUT2D eigenvalue weighted by molar-refractivity contribution is -0.135. The standard InChI is InChI=1S/C27H39N5O5S/c1-30-13-11-23(12-14-30)21-37-24-7-9-25(10-8-24)38(35,36)28-19-26(27(33)29-34)32-17-15-31(16-18-32)20-22-5-3-2-4-6-22/h2-10,23,26,28,34H,11-21H2,1H3,(H,29,33). The predicted molar refractivity (Wildman–Crippen MR) is 144 cm³/mol. The van der Waals surface area contributed by atoms with Crippen molar-refractivity contribution in [2.45, 2.75) is 30.3 Å². The third-order valence-corrected chi connectivity index (χ3v) is 8.87. The summed E-state index contributed by atoms with van der Waals surface area (Å²) < 4.78 is 34.3. The Labute approximate surface area is 225 Å². The van der Waals surface area contributed by atoms with Crippen molar-refractivity contribution in [2.75, 3.05) is 59.5 Å². The van der Waals surface area contributed by atoms with E-state index in [1.54, 1.807) is 17.6 Å². The van der Waals surface area contributed by atoms with Gasteiger partial charge in [-0.1, -0.05) is 30.3 Å². The van der Waals surface area contributed by atoms with Gasteiger partial charge in [-0.05, 0) is 68.7 Å². The van der Waals surface area contributed by atoms with Crippen molar-refractivity contribution in [2.24, 2.45) is 5.92 Å². The van der Waals surface area contributed by atoms with Crippen LogP contribution >= 0.6 is 0 Å². The average molecular weight is 546 g/mol. The molecule has 2 aliphatic heterocycles. The van der Waals surface area contributed by atoms with E-state index in [9.17, 15) is 18.4 Å². The van der Waals surface area contributed by atoms with Crippen LogP contribution in [0, 0.1) is 5.92 Å². The average Bonchev–Trinajstić information content (AvgIpc) is 2.94. The number of hydroxylamine groups is 1. The van der Waals surface area contributed by atoms with E-state index in [2.05, 4.69) is 33.7 Å². The van der Waals surface area contributed by atoms with E-state index in [0.717, 1.165) is 45.6 Å². The second-order valence-electron chi connectivity index (χ2n) is 10.2. The molecule has 0 aromatic heterocycles. The Balaban J connectivity index is 1.28. The van der Waals surface area contributed by atoms with Gasteiger partial charge in [-0.25, -0.2) is 18.6 Å². The zero-order valence-electron chi connectivity index (χ0n) is 22.0. The van der Waals surface area contributed by atoms with Gasteiger partial charge in [0.05, 0.1) is 11.5 Å². The summed E-state index contributed by atoms with van der Waals surface area (Å²) in [5.41, 5.74) is 2.91. The van der Waals surface area contributed by atoms with E-state index < -0.39 is 22.0 Å². The number of piperazine rings is 1. The molecular formula is C27H39N5O5S. The summed E-state index contributed by atoms with van der Waals surface area (Å²) in [5.74, 6) is 0.502. The smallest absolute Gasteiger partial charge is 0.262 e. The molecule has 2 fully saturated rings. The van der Waals surface area contributed by atoms with Crippen molar-refractivity contribution in [3.63, 3.8) is 0 Å². The van der Waals surface area contributed by atoms with Crippen LogP contribution in [0.2, 0.25) is 0 Å². The topological polar surface area (TPSA) is 114 Å². The maximum absolute atomic E-state index is 13.0. The Morgan fingerprint density at radius 2 is 1.66 bits per heavy atom. The maximum Gasteiger partial charge on any atom is 0.262 e. The largest absolute Gasteiger partial charge is 0.493 e. The minimum Gasteiger partial charge on any atom is -0.493 e. The monoisotopic (exact) mass is 545 g/mol. The second-order valence-corrected chi connectivity index (χ2v) is 11.9. The lowest BCUT2D eigenvalue weighted by Gasteiger charge is -2.38. The molecule has 38 heavy (non-hydrogen) atoms. The summed E-state index contributed by atoms with van der Waals surface area (Å²) in [6, 6.07) is 15.7. The summed E-state index contributed by atoms with van der Waals surface area (Å²) in [4.78, 5) is 19.0. The second kappa shape index (κ2) is 13.5. The number of nitrogens with one attached hydrogen (secondary N) is 2. The van der Waals surface area contributed by atoms with E-state index in [-0.39, 0.29) is 11.4 Å². The maximum atomic E-state index is 13.0. The number of hydrogen-bond donors (Lipinski definition) is 3.